The summed E-state index contributed by atoms with van der Waals surface area (Å²) in [6.07, 6.45) is 0. The molecule has 0 aliphatic heterocycles. The first-order valence-corrected chi connectivity index (χ1v) is 20.3. The van der Waals surface area contributed by atoms with Crippen LogP contribution in [0.1, 0.15) is 148 Å². The molecule has 0 aromatic heterocycles. The van der Waals surface area contributed by atoms with Gasteiger partial charge in [0.2, 0.25) is 0 Å². The third-order valence-corrected chi connectivity index (χ3v) is 11.4. The van der Waals surface area contributed by atoms with Gasteiger partial charge in [-0.1, -0.05) is 144 Å². The maximum atomic E-state index is 11.3. The average molecular weight is 754 g/mol. The molecule has 2 N–H and O–H groups in total. The lowest BCUT2D eigenvalue weighted by molar-refractivity contribution is 0.144. The van der Waals surface area contributed by atoms with Crippen LogP contribution in [-0.4, -0.2) is 22.2 Å². The third kappa shape index (κ3) is 9.35. The molecule has 0 aliphatic rings. The van der Waals surface area contributed by atoms with E-state index in [0.29, 0.717) is 11.5 Å². The second-order valence-electron chi connectivity index (χ2n) is 20.0. The standard InChI is InChI=1S/C52H67NO3/c1-33(36-19-23-38(24-20-36)40-28-43(49(3,4)5)47(54)44(29-40)50(6,7)8)53(32-35-17-16-18-42(27-35)56-15)34(2)37-21-25-39(26-22-37)41-30-45(51(9,10)11)48(55)46(31-41)52(12,13)14/h16-31,33-34,54-55H,32H2,1-15H3. The molecule has 0 aliphatic carbocycles. The molecule has 2 atom stereocenters. The number of methoxy groups -OCH3 is 1. The minimum absolute atomic E-state index is 0.0980. The van der Waals surface area contributed by atoms with Crippen LogP contribution >= 0.6 is 0 Å². The molecule has 4 heteroatoms. The maximum absolute atomic E-state index is 11.3. The zero-order valence-corrected chi connectivity index (χ0v) is 36.8. The molecule has 5 aromatic carbocycles. The van der Waals surface area contributed by atoms with Gasteiger partial charge in [-0.05, 0) is 111 Å². The van der Waals surface area contributed by atoms with Gasteiger partial charge in [0.25, 0.3) is 0 Å². The lowest BCUT2D eigenvalue weighted by Crippen LogP contribution is -2.29. The fourth-order valence-electron chi connectivity index (χ4n) is 7.77. The summed E-state index contributed by atoms with van der Waals surface area (Å²) in [6.45, 7) is 31.3. The van der Waals surface area contributed by atoms with Crippen molar-refractivity contribution in [3.8, 4) is 39.5 Å². The second kappa shape index (κ2) is 15.8. The van der Waals surface area contributed by atoms with Gasteiger partial charge in [0.05, 0.1) is 7.11 Å². The Morgan fingerprint density at radius 2 is 0.821 bits per heavy atom. The molecule has 5 aromatic rings. The predicted octanol–water partition coefficient (Wildman–Crippen LogP) is 14.0. The number of ether oxygens (including phenoxy) is 1. The summed E-state index contributed by atoms with van der Waals surface area (Å²) in [5, 5.41) is 22.7. The zero-order chi connectivity index (χ0) is 41.5. The molecular formula is C52H67NO3. The van der Waals surface area contributed by atoms with Gasteiger partial charge in [-0.3, -0.25) is 4.90 Å². The fraction of sp³-hybridized carbons (Fsp3) is 0.423. The topological polar surface area (TPSA) is 52.9 Å². The third-order valence-electron chi connectivity index (χ3n) is 11.4. The minimum atomic E-state index is -0.196. The molecule has 0 bridgehead atoms. The lowest BCUT2D eigenvalue weighted by Gasteiger charge is -2.35. The normalized spacial score (nSPS) is 13.9. The Labute approximate surface area is 338 Å². The molecule has 0 saturated carbocycles. The van der Waals surface area contributed by atoms with Crippen molar-refractivity contribution in [3.63, 3.8) is 0 Å². The van der Waals surface area contributed by atoms with Crippen LogP contribution < -0.4 is 4.74 Å². The molecule has 0 heterocycles. The number of nitrogens with zero attached hydrogens (tertiary/aromatic N) is 1. The van der Waals surface area contributed by atoms with Gasteiger partial charge in [0.1, 0.15) is 17.2 Å². The van der Waals surface area contributed by atoms with Crippen molar-refractivity contribution in [2.75, 3.05) is 7.11 Å². The molecule has 0 radical (unpaired) electrons. The molecule has 5 rings (SSSR count). The van der Waals surface area contributed by atoms with E-state index in [0.717, 1.165) is 56.8 Å². The van der Waals surface area contributed by atoms with Crippen molar-refractivity contribution < 1.29 is 14.9 Å². The summed E-state index contributed by atoms with van der Waals surface area (Å²) in [4.78, 5) is 2.56. The quantitative estimate of drug-likeness (QED) is 0.157. The molecule has 56 heavy (non-hydrogen) atoms. The number of phenols is 2. The molecule has 0 spiro atoms. The predicted molar refractivity (Wildman–Crippen MR) is 237 cm³/mol. The van der Waals surface area contributed by atoms with E-state index < -0.39 is 0 Å². The Bertz CT molecular complexity index is 1930. The lowest BCUT2D eigenvalue weighted by atomic mass is 9.77. The number of phenolic OH excluding ortho intramolecular Hbond substituents is 2. The van der Waals surface area contributed by atoms with Crippen molar-refractivity contribution in [3.05, 3.63) is 136 Å². The number of hydrogen-bond donors (Lipinski definition) is 2. The highest BCUT2D eigenvalue weighted by Crippen LogP contribution is 2.44. The van der Waals surface area contributed by atoms with E-state index in [2.05, 4.69) is 193 Å². The second-order valence-corrected chi connectivity index (χ2v) is 20.0. The number of hydrogen-bond acceptors (Lipinski definition) is 4. The van der Waals surface area contributed by atoms with Crippen LogP contribution in [0.2, 0.25) is 0 Å². The van der Waals surface area contributed by atoms with Gasteiger partial charge in [-0.25, -0.2) is 0 Å². The van der Waals surface area contributed by atoms with Crippen LogP contribution in [-0.2, 0) is 28.2 Å². The largest absolute Gasteiger partial charge is 0.507 e. The van der Waals surface area contributed by atoms with E-state index in [1.807, 2.05) is 6.07 Å². The highest BCUT2D eigenvalue weighted by Gasteiger charge is 2.29. The molecule has 0 saturated heterocycles. The van der Waals surface area contributed by atoms with Gasteiger partial charge in [-0.2, -0.15) is 0 Å². The van der Waals surface area contributed by atoms with Crippen LogP contribution in [0.3, 0.4) is 0 Å². The summed E-state index contributed by atoms with van der Waals surface area (Å²) in [7, 11) is 1.72. The van der Waals surface area contributed by atoms with Gasteiger partial charge >= 0.3 is 0 Å². The van der Waals surface area contributed by atoms with Gasteiger partial charge in [0, 0.05) is 40.9 Å². The average Bonchev–Trinajstić information content (AvgIpc) is 3.12. The van der Waals surface area contributed by atoms with E-state index in [4.69, 9.17) is 4.74 Å². The Morgan fingerprint density at radius 1 is 0.482 bits per heavy atom. The van der Waals surface area contributed by atoms with Crippen molar-refractivity contribution in [2.45, 2.75) is 137 Å². The van der Waals surface area contributed by atoms with Crippen molar-refractivity contribution >= 4 is 0 Å². The zero-order valence-electron chi connectivity index (χ0n) is 36.8. The van der Waals surface area contributed by atoms with Gasteiger partial charge in [0.15, 0.2) is 0 Å². The van der Waals surface area contributed by atoms with E-state index in [1.165, 1.54) is 16.7 Å². The smallest absolute Gasteiger partial charge is 0.123 e. The number of benzene rings is 5. The molecule has 0 fully saturated rings. The van der Waals surface area contributed by atoms with Crippen LogP contribution in [0.15, 0.2) is 97.1 Å². The van der Waals surface area contributed by atoms with Crippen LogP contribution in [0.5, 0.6) is 17.2 Å². The summed E-state index contributed by atoms with van der Waals surface area (Å²) in [5.41, 5.74) is 11.3. The monoisotopic (exact) mass is 754 g/mol. The highest BCUT2D eigenvalue weighted by molar-refractivity contribution is 5.70. The number of aromatic hydroxyl groups is 2. The highest BCUT2D eigenvalue weighted by atomic mass is 16.5. The van der Waals surface area contributed by atoms with E-state index >= 15 is 0 Å². The van der Waals surface area contributed by atoms with E-state index in [-0.39, 0.29) is 33.7 Å². The first kappa shape index (κ1) is 42.6. The molecule has 4 nitrogen and oxygen atoms in total. The Morgan fingerprint density at radius 3 is 1.12 bits per heavy atom. The SMILES string of the molecule is COc1cccc(CN(C(C)c2ccc(-c3cc(C(C)(C)C)c(O)c(C(C)(C)C)c3)cc2)C(C)c2ccc(-c3cc(C(C)(C)C)c(O)c(C(C)(C)C)c3)cc2)c1. The van der Waals surface area contributed by atoms with E-state index in [9.17, 15) is 10.2 Å². The Balaban J connectivity index is 1.52. The Hall–Kier alpha value is -4.54. The van der Waals surface area contributed by atoms with Crippen LogP contribution in [0, 0.1) is 0 Å². The summed E-state index contributed by atoms with van der Waals surface area (Å²) in [6, 6.07) is 35.2. The molecule has 2 unspecified atom stereocenters. The maximum Gasteiger partial charge on any atom is 0.123 e. The van der Waals surface area contributed by atoms with Crippen LogP contribution in [0.4, 0.5) is 0 Å². The molecule has 298 valence electrons. The van der Waals surface area contributed by atoms with E-state index in [1.54, 1.807) is 7.11 Å². The summed E-state index contributed by atoms with van der Waals surface area (Å²) >= 11 is 0. The first-order chi connectivity index (χ1) is 25.9. The number of rotatable bonds is 9. The van der Waals surface area contributed by atoms with Gasteiger partial charge in [-0.15, -0.1) is 0 Å². The Kier molecular flexibility index (Phi) is 12.0. The first-order valence-electron chi connectivity index (χ1n) is 20.3. The molecular weight excluding hydrogens is 687 g/mol. The summed E-state index contributed by atoms with van der Waals surface area (Å²) < 4.78 is 5.62. The summed E-state index contributed by atoms with van der Waals surface area (Å²) in [5.74, 6) is 1.66. The fourth-order valence-corrected chi connectivity index (χ4v) is 7.77. The van der Waals surface area contributed by atoms with Crippen molar-refractivity contribution in [1.29, 1.82) is 0 Å². The minimum Gasteiger partial charge on any atom is -0.507 e. The molecule has 0 amide bonds. The van der Waals surface area contributed by atoms with Gasteiger partial charge < -0.3 is 14.9 Å². The van der Waals surface area contributed by atoms with Crippen LogP contribution in [0.25, 0.3) is 22.3 Å². The van der Waals surface area contributed by atoms with Crippen molar-refractivity contribution in [2.24, 2.45) is 0 Å². The van der Waals surface area contributed by atoms with Crippen molar-refractivity contribution in [1.82, 2.24) is 4.90 Å².